The molecule has 5 nitrogen and oxygen atoms in total. The van der Waals surface area contributed by atoms with Crippen LogP contribution >= 0.6 is 0 Å². The van der Waals surface area contributed by atoms with Gasteiger partial charge in [0, 0.05) is 26.1 Å². The molecule has 1 aromatic rings. The first-order valence-corrected chi connectivity index (χ1v) is 6.33. The summed E-state index contributed by atoms with van der Waals surface area (Å²) in [6.45, 7) is 7.94. The Bertz CT molecular complexity index is 402. The summed E-state index contributed by atoms with van der Waals surface area (Å²) in [5.74, 6) is 0.925. The predicted molar refractivity (Wildman–Crippen MR) is 74.4 cm³/mol. The third-order valence-corrected chi connectivity index (χ3v) is 2.89. The normalized spacial score (nSPS) is 10.2. The highest BCUT2D eigenvalue weighted by molar-refractivity contribution is 5.76. The van der Waals surface area contributed by atoms with E-state index in [0.717, 1.165) is 24.6 Å². The van der Waals surface area contributed by atoms with Crippen LogP contribution < -0.4 is 11.1 Å². The van der Waals surface area contributed by atoms with Crippen LogP contribution in [0, 0.1) is 6.92 Å². The lowest BCUT2D eigenvalue weighted by atomic mass is 10.3. The fourth-order valence-electron chi connectivity index (χ4n) is 1.70. The molecule has 5 heteroatoms. The maximum absolute atomic E-state index is 11.8. The van der Waals surface area contributed by atoms with Gasteiger partial charge in [-0.15, -0.1) is 0 Å². The third kappa shape index (κ3) is 3.91. The Morgan fingerprint density at radius 2 is 2.06 bits per heavy atom. The number of carbonyl (C=O) groups excluding carboxylic acids is 1. The van der Waals surface area contributed by atoms with Gasteiger partial charge in [0.05, 0.1) is 11.4 Å². The highest BCUT2D eigenvalue weighted by Gasteiger charge is 2.08. The van der Waals surface area contributed by atoms with Crippen molar-refractivity contribution >= 4 is 17.4 Å². The minimum atomic E-state index is 0.166. The maximum atomic E-state index is 11.8. The van der Waals surface area contributed by atoms with Gasteiger partial charge in [-0.05, 0) is 32.9 Å². The summed E-state index contributed by atoms with van der Waals surface area (Å²) in [5.41, 5.74) is 7.17. The molecule has 0 atom stereocenters. The van der Waals surface area contributed by atoms with Crippen molar-refractivity contribution in [3.63, 3.8) is 0 Å². The fourth-order valence-corrected chi connectivity index (χ4v) is 1.70. The number of nitrogens with one attached hydrogen (secondary N) is 1. The van der Waals surface area contributed by atoms with Crippen molar-refractivity contribution in [2.24, 2.45) is 0 Å². The van der Waals surface area contributed by atoms with Gasteiger partial charge in [-0.2, -0.15) is 0 Å². The molecule has 0 saturated carbocycles. The molecule has 1 aromatic heterocycles. The standard InChI is InChI=1S/C13H22N4O/c1-4-17(5-2)13(18)8-9-15-12-7-6-11(14)10(3)16-12/h6-7H,4-5,8-9,14H2,1-3H3,(H,15,16). The lowest BCUT2D eigenvalue weighted by Crippen LogP contribution is -2.31. The van der Waals surface area contributed by atoms with Crippen molar-refractivity contribution in [3.8, 4) is 0 Å². The number of hydrogen-bond donors (Lipinski definition) is 2. The van der Waals surface area contributed by atoms with E-state index in [4.69, 9.17) is 5.73 Å². The third-order valence-electron chi connectivity index (χ3n) is 2.89. The number of nitrogens with zero attached hydrogens (tertiary/aromatic N) is 2. The number of aryl methyl sites for hydroxylation is 1. The van der Waals surface area contributed by atoms with Crippen molar-refractivity contribution in [1.29, 1.82) is 0 Å². The van der Waals surface area contributed by atoms with E-state index in [1.807, 2.05) is 37.8 Å². The van der Waals surface area contributed by atoms with Crippen molar-refractivity contribution in [2.45, 2.75) is 27.2 Å². The summed E-state index contributed by atoms with van der Waals surface area (Å²) in [6, 6.07) is 3.64. The van der Waals surface area contributed by atoms with Crippen LogP contribution in [0.5, 0.6) is 0 Å². The van der Waals surface area contributed by atoms with Crippen LogP contribution in [0.2, 0.25) is 0 Å². The number of nitrogen functional groups attached to an aromatic ring is 1. The summed E-state index contributed by atoms with van der Waals surface area (Å²) < 4.78 is 0. The second-order valence-corrected chi connectivity index (χ2v) is 4.11. The van der Waals surface area contributed by atoms with Gasteiger partial charge in [0.1, 0.15) is 5.82 Å². The molecular formula is C13H22N4O. The van der Waals surface area contributed by atoms with Crippen molar-refractivity contribution in [2.75, 3.05) is 30.7 Å². The van der Waals surface area contributed by atoms with E-state index in [9.17, 15) is 4.79 Å². The monoisotopic (exact) mass is 250 g/mol. The number of rotatable bonds is 6. The first kappa shape index (κ1) is 14.3. The van der Waals surface area contributed by atoms with E-state index in [1.54, 1.807) is 0 Å². The minimum Gasteiger partial charge on any atom is -0.397 e. The van der Waals surface area contributed by atoms with Gasteiger partial charge in [0.2, 0.25) is 5.91 Å². The first-order valence-electron chi connectivity index (χ1n) is 6.33. The van der Waals surface area contributed by atoms with E-state index in [2.05, 4.69) is 10.3 Å². The van der Waals surface area contributed by atoms with Gasteiger partial charge < -0.3 is 16.0 Å². The van der Waals surface area contributed by atoms with Crippen LogP contribution in [0.4, 0.5) is 11.5 Å². The van der Waals surface area contributed by atoms with Gasteiger partial charge in [-0.1, -0.05) is 0 Å². The average molecular weight is 250 g/mol. The van der Waals surface area contributed by atoms with Crippen LogP contribution in [-0.2, 0) is 4.79 Å². The quantitative estimate of drug-likeness (QED) is 0.805. The van der Waals surface area contributed by atoms with Gasteiger partial charge in [0.25, 0.3) is 0 Å². The first-order chi connectivity index (χ1) is 8.58. The fraction of sp³-hybridized carbons (Fsp3) is 0.538. The topological polar surface area (TPSA) is 71.2 Å². The Kier molecular flexibility index (Phi) is 5.42. The summed E-state index contributed by atoms with van der Waals surface area (Å²) in [4.78, 5) is 17.9. The molecule has 0 saturated heterocycles. The Labute approximate surface area is 108 Å². The van der Waals surface area contributed by atoms with Crippen LogP contribution in [0.1, 0.15) is 26.0 Å². The largest absolute Gasteiger partial charge is 0.397 e. The van der Waals surface area contributed by atoms with Crippen molar-refractivity contribution in [3.05, 3.63) is 17.8 Å². The molecule has 18 heavy (non-hydrogen) atoms. The predicted octanol–water partition coefficient (Wildman–Crippen LogP) is 1.64. The second-order valence-electron chi connectivity index (χ2n) is 4.11. The summed E-state index contributed by atoms with van der Waals surface area (Å²) >= 11 is 0. The molecule has 3 N–H and O–H groups in total. The number of hydrogen-bond acceptors (Lipinski definition) is 4. The molecule has 0 aliphatic heterocycles. The zero-order valence-corrected chi connectivity index (χ0v) is 11.4. The van der Waals surface area contributed by atoms with E-state index < -0.39 is 0 Å². The van der Waals surface area contributed by atoms with Gasteiger partial charge in [-0.3, -0.25) is 4.79 Å². The van der Waals surface area contributed by atoms with Crippen LogP contribution in [0.25, 0.3) is 0 Å². The van der Waals surface area contributed by atoms with Crippen molar-refractivity contribution in [1.82, 2.24) is 9.88 Å². The SMILES string of the molecule is CCN(CC)C(=O)CCNc1ccc(N)c(C)n1. The van der Waals surface area contributed by atoms with E-state index in [1.165, 1.54) is 0 Å². The summed E-state index contributed by atoms with van der Waals surface area (Å²) in [5, 5.41) is 3.13. The van der Waals surface area contributed by atoms with Gasteiger partial charge in [-0.25, -0.2) is 4.98 Å². The van der Waals surface area contributed by atoms with Crippen LogP contribution in [0.3, 0.4) is 0 Å². The molecule has 100 valence electrons. The number of aromatic nitrogens is 1. The molecule has 1 amide bonds. The number of nitrogens with two attached hydrogens (primary N) is 1. The number of amides is 1. The molecule has 0 aliphatic rings. The molecule has 1 rings (SSSR count). The van der Waals surface area contributed by atoms with Gasteiger partial charge in [0.15, 0.2) is 0 Å². The maximum Gasteiger partial charge on any atom is 0.224 e. The van der Waals surface area contributed by atoms with E-state index >= 15 is 0 Å². The molecule has 0 bridgehead atoms. The highest BCUT2D eigenvalue weighted by Crippen LogP contribution is 2.11. The van der Waals surface area contributed by atoms with Crippen molar-refractivity contribution < 1.29 is 4.79 Å². The Balaban J connectivity index is 2.41. The van der Waals surface area contributed by atoms with Crippen LogP contribution in [-0.4, -0.2) is 35.4 Å². The highest BCUT2D eigenvalue weighted by atomic mass is 16.2. The van der Waals surface area contributed by atoms with E-state index in [0.29, 0.717) is 18.7 Å². The number of anilines is 2. The smallest absolute Gasteiger partial charge is 0.224 e. The molecule has 1 heterocycles. The number of carbonyl (C=O) groups is 1. The Morgan fingerprint density at radius 3 is 2.61 bits per heavy atom. The van der Waals surface area contributed by atoms with Crippen LogP contribution in [0.15, 0.2) is 12.1 Å². The average Bonchev–Trinajstić information content (AvgIpc) is 2.35. The Hall–Kier alpha value is -1.78. The summed E-state index contributed by atoms with van der Waals surface area (Å²) in [6.07, 6.45) is 0.479. The molecule has 0 fully saturated rings. The molecule has 0 radical (unpaired) electrons. The molecule has 0 aromatic carbocycles. The van der Waals surface area contributed by atoms with Gasteiger partial charge >= 0.3 is 0 Å². The number of pyridine rings is 1. The molecular weight excluding hydrogens is 228 g/mol. The van der Waals surface area contributed by atoms with E-state index in [-0.39, 0.29) is 5.91 Å². The lowest BCUT2D eigenvalue weighted by molar-refractivity contribution is -0.130. The molecule has 0 unspecified atom stereocenters. The zero-order chi connectivity index (χ0) is 13.5. The molecule has 0 aliphatic carbocycles. The minimum absolute atomic E-state index is 0.166. The zero-order valence-electron chi connectivity index (χ0n) is 11.4. The summed E-state index contributed by atoms with van der Waals surface area (Å²) in [7, 11) is 0. The lowest BCUT2D eigenvalue weighted by Gasteiger charge is -2.18. The second kappa shape index (κ2) is 6.83. The Morgan fingerprint density at radius 1 is 1.39 bits per heavy atom. The molecule has 0 spiro atoms.